The van der Waals surface area contributed by atoms with Crippen molar-refractivity contribution < 1.29 is 9.47 Å². The van der Waals surface area contributed by atoms with Gasteiger partial charge in [-0.1, -0.05) is 33.1 Å². The maximum absolute atomic E-state index is 8.86. The highest BCUT2D eigenvalue weighted by atomic mass is 16.5. The van der Waals surface area contributed by atoms with Gasteiger partial charge in [0.2, 0.25) is 0 Å². The van der Waals surface area contributed by atoms with Gasteiger partial charge in [0.25, 0.3) is 0 Å². The lowest BCUT2D eigenvalue weighted by Gasteiger charge is -2.17. The molecule has 1 atom stereocenters. The van der Waals surface area contributed by atoms with Gasteiger partial charge in [0.15, 0.2) is 11.5 Å². The average molecular weight is 261 g/mol. The zero-order chi connectivity index (χ0) is 14.1. The Balaban J connectivity index is 2.63. The van der Waals surface area contributed by atoms with E-state index in [0.29, 0.717) is 23.8 Å². The summed E-state index contributed by atoms with van der Waals surface area (Å²) in [6.07, 6.45) is 4.78. The Hall–Kier alpha value is -1.69. The van der Waals surface area contributed by atoms with Gasteiger partial charge in [-0.15, -0.1) is 0 Å². The van der Waals surface area contributed by atoms with Crippen molar-refractivity contribution >= 4 is 0 Å². The van der Waals surface area contributed by atoms with Crippen LogP contribution in [0.5, 0.6) is 11.5 Å². The molecule has 0 radical (unpaired) electrons. The Morgan fingerprint density at radius 3 is 2.63 bits per heavy atom. The number of unbranched alkanes of at least 4 members (excludes halogenated alkanes) is 1. The summed E-state index contributed by atoms with van der Waals surface area (Å²) in [7, 11) is 1.59. The summed E-state index contributed by atoms with van der Waals surface area (Å²) in [6, 6.07) is 7.37. The minimum atomic E-state index is 0.584. The number of hydrogen-bond acceptors (Lipinski definition) is 3. The quantitative estimate of drug-likeness (QED) is 0.705. The predicted octanol–water partition coefficient (Wildman–Crippen LogP) is 4.16. The van der Waals surface area contributed by atoms with Crippen LogP contribution in [-0.2, 0) is 0 Å². The topological polar surface area (TPSA) is 42.2 Å². The zero-order valence-corrected chi connectivity index (χ0v) is 12.1. The van der Waals surface area contributed by atoms with Crippen LogP contribution in [0.25, 0.3) is 0 Å². The van der Waals surface area contributed by atoms with Crippen molar-refractivity contribution in [2.45, 2.75) is 39.5 Å². The predicted molar refractivity (Wildman–Crippen MR) is 76.5 cm³/mol. The second-order valence-corrected chi connectivity index (χ2v) is 4.70. The van der Waals surface area contributed by atoms with Crippen LogP contribution in [0.4, 0.5) is 0 Å². The molecule has 0 aliphatic rings. The minimum absolute atomic E-state index is 0.584. The molecule has 0 spiro atoms. The highest BCUT2D eigenvalue weighted by Gasteiger charge is 2.10. The van der Waals surface area contributed by atoms with Crippen LogP contribution in [0.2, 0.25) is 0 Å². The molecule has 0 saturated heterocycles. The first-order chi connectivity index (χ1) is 9.24. The molecule has 0 aliphatic carbocycles. The number of benzene rings is 1. The van der Waals surface area contributed by atoms with Gasteiger partial charge in [0.1, 0.15) is 0 Å². The summed E-state index contributed by atoms with van der Waals surface area (Å²) < 4.78 is 11.1. The van der Waals surface area contributed by atoms with Crippen molar-refractivity contribution in [2.75, 3.05) is 13.7 Å². The molecule has 0 aromatic heterocycles. The third-order valence-electron chi connectivity index (χ3n) is 3.31. The van der Waals surface area contributed by atoms with E-state index >= 15 is 0 Å². The van der Waals surface area contributed by atoms with Crippen molar-refractivity contribution in [3.05, 3.63) is 23.8 Å². The lowest BCUT2D eigenvalue weighted by molar-refractivity contribution is 0.224. The van der Waals surface area contributed by atoms with E-state index in [9.17, 15) is 0 Å². The minimum Gasteiger partial charge on any atom is -0.493 e. The molecule has 104 valence electrons. The van der Waals surface area contributed by atoms with Crippen LogP contribution in [0.3, 0.4) is 0 Å². The van der Waals surface area contributed by atoms with E-state index in [1.807, 2.05) is 6.07 Å². The van der Waals surface area contributed by atoms with E-state index in [4.69, 9.17) is 14.7 Å². The molecule has 0 heterocycles. The molecular weight excluding hydrogens is 238 g/mol. The molecule has 1 rings (SSSR count). The first kappa shape index (κ1) is 15.4. The smallest absolute Gasteiger partial charge is 0.162 e. The van der Waals surface area contributed by atoms with Gasteiger partial charge < -0.3 is 9.47 Å². The number of ether oxygens (including phenoxy) is 2. The Bertz CT molecular complexity index is 423. The second kappa shape index (κ2) is 8.42. The Morgan fingerprint density at radius 2 is 2.05 bits per heavy atom. The first-order valence-electron chi connectivity index (χ1n) is 6.96. The number of rotatable bonds is 8. The van der Waals surface area contributed by atoms with Gasteiger partial charge in [-0.05, 0) is 24.5 Å². The van der Waals surface area contributed by atoms with Crippen molar-refractivity contribution in [2.24, 2.45) is 5.92 Å². The maximum atomic E-state index is 8.86. The van der Waals surface area contributed by atoms with Crippen LogP contribution in [0.15, 0.2) is 18.2 Å². The lowest BCUT2D eigenvalue weighted by Crippen LogP contribution is -2.11. The van der Waals surface area contributed by atoms with Crippen LogP contribution in [0.1, 0.15) is 45.1 Å². The molecule has 3 nitrogen and oxygen atoms in total. The molecule has 0 fully saturated rings. The highest BCUT2D eigenvalue weighted by Crippen LogP contribution is 2.28. The zero-order valence-electron chi connectivity index (χ0n) is 12.1. The van der Waals surface area contributed by atoms with Crippen LogP contribution in [-0.4, -0.2) is 13.7 Å². The van der Waals surface area contributed by atoms with Crippen LogP contribution in [0, 0.1) is 17.2 Å². The van der Waals surface area contributed by atoms with Crippen molar-refractivity contribution in [1.82, 2.24) is 0 Å². The van der Waals surface area contributed by atoms with Gasteiger partial charge in [0.05, 0.1) is 25.3 Å². The third-order valence-corrected chi connectivity index (χ3v) is 3.31. The summed E-state index contributed by atoms with van der Waals surface area (Å²) in [5.41, 5.74) is 0.585. The van der Waals surface area contributed by atoms with E-state index in [1.165, 1.54) is 19.3 Å². The Labute approximate surface area is 116 Å². The number of methoxy groups -OCH3 is 1. The molecule has 3 heteroatoms. The van der Waals surface area contributed by atoms with E-state index in [1.54, 1.807) is 19.2 Å². The number of nitrogens with zero attached hydrogens (tertiary/aromatic N) is 1. The van der Waals surface area contributed by atoms with Gasteiger partial charge in [-0.2, -0.15) is 5.26 Å². The number of nitriles is 1. The monoisotopic (exact) mass is 261 g/mol. The van der Waals surface area contributed by atoms with Gasteiger partial charge >= 0.3 is 0 Å². The third kappa shape index (κ3) is 4.82. The average Bonchev–Trinajstić information content (AvgIpc) is 2.47. The molecule has 1 aromatic carbocycles. The fourth-order valence-electron chi connectivity index (χ4n) is 1.96. The molecule has 0 amide bonds. The molecule has 0 N–H and O–H groups in total. The number of hydrogen-bond donors (Lipinski definition) is 0. The van der Waals surface area contributed by atoms with Gasteiger partial charge in [0, 0.05) is 6.07 Å². The normalized spacial score (nSPS) is 11.7. The van der Waals surface area contributed by atoms with E-state index in [-0.39, 0.29) is 0 Å². The van der Waals surface area contributed by atoms with Crippen molar-refractivity contribution in [1.29, 1.82) is 5.26 Å². The molecule has 0 aliphatic heterocycles. The standard InChI is InChI=1S/C16H23NO2/c1-4-6-7-13(5-2)12-19-15-9-8-14(11-17)10-16(15)18-3/h8-10,13H,4-7,12H2,1-3H3. The fraction of sp³-hybridized carbons (Fsp3) is 0.562. The lowest BCUT2D eigenvalue weighted by atomic mass is 10.0. The van der Waals surface area contributed by atoms with Gasteiger partial charge in [-0.25, -0.2) is 0 Å². The Morgan fingerprint density at radius 1 is 1.26 bits per heavy atom. The first-order valence-corrected chi connectivity index (χ1v) is 6.96. The molecule has 0 saturated carbocycles. The van der Waals surface area contributed by atoms with E-state index < -0.39 is 0 Å². The molecule has 0 bridgehead atoms. The molecular formula is C16H23NO2. The second-order valence-electron chi connectivity index (χ2n) is 4.70. The molecule has 1 aromatic rings. The van der Waals surface area contributed by atoms with Crippen LogP contribution < -0.4 is 9.47 Å². The molecule has 1 unspecified atom stereocenters. The van der Waals surface area contributed by atoms with Gasteiger partial charge in [-0.3, -0.25) is 0 Å². The summed E-state index contributed by atoms with van der Waals surface area (Å²) >= 11 is 0. The maximum Gasteiger partial charge on any atom is 0.162 e. The molecule has 19 heavy (non-hydrogen) atoms. The summed E-state index contributed by atoms with van der Waals surface area (Å²) in [4.78, 5) is 0. The van der Waals surface area contributed by atoms with Crippen molar-refractivity contribution in [3.8, 4) is 17.6 Å². The summed E-state index contributed by atoms with van der Waals surface area (Å²) in [5, 5.41) is 8.86. The van der Waals surface area contributed by atoms with E-state index in [0.717, 1.165) is 12.2 Å². The van der Waals surface area contributed by atoms with Crippen molar-refractivity contribution in [3.63, 3.8) is 0 Å². The summed E-state index contributed by atoms with van der Waals surface area (Å²) in [6.45, 7) is 5.11. The largest absolute Gasteiger partial charge is 0.493 e. The van der Waals surface area contributed by atoms with Crippen LogP contribution >= 0.6 is 0 Å². The SMILES string of the molecule is CCCCC(CC)COc1ccc(C#N)cc1OC. The Kier molecular flexibility index (Phi) is 6.81. The summed E-state index contributed by atoms with van der Waals surface area (Å²) in [5.74, 6) is 1.93. The van der Waals surface area contributed by atoms with E-state index in [2.05, 4.69) is 19.9 Å². The highest BCUT2D eigenvalue weighted by molar-refractivity contribution is 5.46. The fourth-order valence-corrected chi connectivity index (χ4v) is 1.96.